The van der Waals surface area contributed by atoms with Gasteiger partial charge in [-0.2, -0.15) is 5.10 Å². The molecule has 0 saturated heterocycles. The number of ether oxygens (including phenoxy) is 2. The zero-order chi connectivity index (χ0) is 15.9. The van der Waals surface area contributed by atoms with Crippen molar-refractivity contribution in [1.82, 2.24) is 9.78 Å². The second-order valence-electron chi connectivity index (χ2n) is 4.46. The highest BCUT2D eigenvalue weighted by molar-refractivity contribution is 6.02. The third-order valence-electron chi connectivity index (χ3n) is 2.95. The van der Waals surface area contributed by atoms with Gasteiger partial charge in [-0.3, -0.25) is 9.59 Å². The summed E-state index contributed by atoms with van der Waals surface area (Å²) in [4.78, 5) is 23.8. The van der Waals surface area contributed by atoms with Crippen LogP contribution in [0.1, 0.15) is 10.5 Å². The first-order chi connectivity index (χ1) is 10.6. The fourth-order valence-electron chi connectivity index (χ4n) is 1.78. The Labute approximate surface area is 127 Å². The van der Waals surface area contributed by atoms with Crippen molar-refractivity contribution in [3.63, 3.8) is 0 Å². The van der Waals surface area contributed by atoms with Crippen LogP contribution in [-0.2, 0) is 11.3 Å². The van der Waals surface area contributed by atoms with Gasteiger partial charge in [-0.1, -0.05) is 0 Å². The summed E-state index contributed by atoms with van der Waals surface area (Å²) in [6.45, 7) is 0.634. The first kappa shape index (κ1) is 15.7. The molecule has 22 heavy (non-hydrogen) atoms. The second-order valence-corrected chi connectivity index (χ2v) is 4.46. The fourth-order valence-corrected chi connectivity index (χ4v) is 1.78. The number of hydrogen-bond acceptors (Lipinski definition) is 5. The van der Waals surface area contributed by atoms with Crippen LogP contribution in [0.4, 0.5) is 5.69 Å². The quantitative estimate of drug-likeness (QED) is 0.865. The Morgan fingerprint density at radius 3 is 2.55 bits per heavy atom. The van der Waals surface area contributed by atoms with Crippen LogP contribution in [0.15, 0.2) is 41.2 Å². The van der Waals surface area contributed by atoms with Crippen molar-refractivity contribution in [3.05, 3.63) is 52.4 Å². The minimum Gasteiger partial charge on any atom is -0.497 e. The van der Waals surface area contributed by atoms with Crippen LogP contribution in [0.2, 0.25) is 0 Å². The van der Waals surface area contributed by atoms with Gasteiger partial charge in [0.2, 0.25) is 0 Å². The zero-order valence-electron chi connectivity index (χ0n) is 12.4. The van der Waals surface area contributed by atoms with Crippen molar-refractivity contribution in [3.8, 4) is 5.75 Å². The standard InChI is InChI=1S/C15H17N3O4/c1-21-10-9-18-14(19)8-7-13(17-18)15(20)16-11-3-5-12(22-2)6-4-11/h3-8H,9-10H2,1-2H3,(H,16,20). The maximum atomic E-state index is 12.2. The summed E-state index contributed by atoms with van der Waals surface area (Å²) in [5.74, 6) is 0.306. The number of anilines is 1. The summed E-state index contributed by atoms with van der Waals surface area (Å²) in [5, 5.41) is 6.74. The molecule has 2 aromatic rings. The molecule has 0 bridgehead atoms. The molecule has 7 heteroatoms. The van der Waals surface area contributed by atoms with Crippen LogP contribution in [-0.4, -0.2) is 36.5 Å². The lowest BCUT2D eigenvalue weighted by Crippen LogP contribution is -2.27. The molecule has 0 saturated carbocycles. The Bertz CT molecular complexity index is 695. The SMILES string of the molecule is COCCn1nc(C(=O)Nc2ccc(OC)cc2)ccc1=O. The topological polar surface area (TPSA) is 82.5 Å². The molecule has 0 fully saturated rings. The summed E-state index contributed by atoms with van der Waals surface area (Å²) in [6, 6.07) is 9.62. The van der Waals surface area contributed by atoms with Crippen LogP contribution in [0.5, 0.6) is 5.75 Å². The minimum absolute atomic E-state index is 0.159. The molecule has 7 nitrogen and oxygen atoms in total. The molecule has 0 aliphatic heterocycles. The molecule has 1 aromatic carbocycles. The number of nitrogens with zero attached hydrogens (tertiary/aromatic N) is 2. The number of methoxy groups -OCH3 is 2. The van der Waals surface area contributed by atoms with Gasteiger partial charge in [0.15, 0.2) is 0 Å². The summed E-state index contributed by atoms with van der Waals surface area (Å²) < 4.78 is 11.2. The van der Waals surface area contributed by atoms with E-state index in [0.29, 0.717) is 24.6 Å². The highest BCUT2D eigenvalue weighted by Gasteiger charge is 2.10. The zero-order valence-corrected chi connectivity index (χ0v) is 12.4. The van der Waals surface area contributed by atoms with E-state index in [9.17, 15) is 9.59 Å². The van der Waals surface area contributed by atoms with Gasteiger partial charge in [0.25, 0.3) is 11.5 Å². The van der Waals surface area contributed by atoms with E-state index < -0.39 is 5.91 Å². The van der Waals surface area contributed by atoms with Gasteiger partial charge >= 0.3 is 0 Å². The minimum atomic E-state index is -0.392. The molecule has 0 radical (unpaired) electrons. The van der Waals surface area contributed by atoms with E-state index in [1.54, 1.807) is 31.4 Å². The predicted molar refractivity (Wildman–Crippen MR) is 81.3 cm³/mol. The lowest BCUT2D eigenvalue weighted by atomic mass is 10.3. The average molecular weight is 303 g/mol. The highest BCUT2D eigenvalue weighted by Crippen LogP contribution is 2.15. The Kier molecular flexibility index (Phi) is 5.26. The molecule has 0 spiro atoms. The Balaban J connectivity index is 2.12. The average Bonchev–Trinajstić information content (AvgIpc) is 2.54. The summed E-state index contributed by atoms with van der Waals surface area (Å²) in [6.07, 6.45) is 0. The van der Waals surface area contributed by atoms with Crippen molar-refractivity contribution < 1.29 is 14.3 Å². The third-order valence-corrected chi connectivity index (χ3v) is 2.95. The largest absolute Gasteiger partial charge is 0.497 e. The summed E-state index contributed by atoms with van der Waals surface area (Å²) in [7, 11) is 3.10. The smallest absolute Gasteiger partial charge is 0.276 e. The van der Waals surface area contributed by atoms with E-state index in [0.717, 1.165) is 0 Å². The predicted octanol–water partition coefficient (Wildman–Crippen LogP) is 1.15. The molecule has 1 heterocycles. The number of rotatable bonds is 6. The van der Waals surface area contributed by atoms with Crippen molar-refractivity contribution in [2.45, 2.75) is 6.54 Å². The maximum Gasteiger partial charge on any atom is 0.276 e. The van der Waals surface area contributed by atoms with Crippen LogP contribution in [0.3, 0.4) is 0 Å². The lowest BCUT2D eigenvalue weighted by Gasteiger charge is -2.08. The third kappa shape index (κ3) is 3.92. The van der Waals surface area contributed by atoms with E-state index in [1.165, 1.54) is 23.9 Å². The molecule has 0 atom stereocenters. The van der Waals surface area contributed by atoms with E-state index in [4.69, 9.17) is 9.47 Å². The number of carbonyl (C=O) groups is 1. The molecule has 1 amide bonds. The van der Waals surface area contributed by atoms with Gasteiger partial charge in [-0.05, 0) is 30.3 Å². The van der Waals surface area contributed by atoms with Crippen molar-refractivity contribution >= 4 is 11.6 Å². The van der Waals surface area contributed by atoms with Gasteiger partial charge in [-0.25, -0.2) is 4.68 Å². The lowest BCUT2D eigenvalue weighted by molar-refractivity contribution is 0.101. The monoisotopic (exact) mass is 303 g/mol. The van der Waals surface area contributed by atoms with Gasteiger partial charge in [0, 0.05) is 18.9 Å². The molecule has 0 aliphatic rings. The molecule has 1 N–H and O–H groups in total. The van der Waals surface area contributed by atoms with Gasteiger partial charge < -0.3 is 14.8 Å². The van der Waals surface area contributed by atoms with E-state index in [1.807, 2.05) is 0 Å². The Morgan fingerprint density at radius 1 is 1.18 bits per heavy atom. The fraction of sp³-hybridized carbons (Fsp3) is 0.267. The molecule has 0 aliphatic carbocycles. The van der Waals surface area contributed by atoms with Crippen LogP contribution < -0.4 is 15.6 Å². The van der Waals surface area contributed by atoms with E-state index in [-0.39, 0.29) is 11.3 Å². The van der Waals surface area contributed by atoms with Gasteiger partial charge in [-0.15, -0.1) is 0 Å². The molecule has 2 rings (SSSR count). The van der Waals surface area contributed by atoms with Crippen LogP contribution in [0.25, 0.3) is 0 Å². The highest BCUT2D eigenvalue weighted by atomic mass is 16.5. The van der Waals surface area contributed by atoms with E-state index >= 15 is 0 Å². The second kappa shape index (κ2) is 7.37. The number of carbonyl (C=O) groups excluding carboxylic acids is 1. The number of nitrogens with one attached hydrogen (secondary N) is 1. The van der Waals surface area contributed by atoms with Crippen molar-refractivity contribution in [2.24, 2.45) is 0 Å². The van der Waals surface area contributed by atoms with E-state index in [2.05, 4.69) is 10.4 Å². The summed E-state index contributed by atoms with van der Waals surface area (Å²) >= 11 is 0. The Hall–Kier alpha value is -2.67. The first-order valence-corrected chi connectivity index (χ1v) is 6.66. The van der Waals surface area contributed by atoms with Crippen molar-refractivity contribution in [1.29, 1.82) is 0 Å². The van der Waals surface area contributed by atoms with Gasteiger partial charge in [0.05, 0.1) is 20.3 Å². The molecular formula is C15H17N3O4. The number of benzene rings is 1. The maximum absolute atomic E-state index is 12.2. The van der Waals surface area contributed by atoms with Gasteiger partial charge in [0.1, 0.15) is 11.4 Å². The summed E-state index contributed by atoms with van der Waals surface area (Å²) in [5.41, 5.74) is 0.492. The number of aromatic nitrogens is 2. The molecule has 0 unspecified atom stereocenters. The Morgan fingerprint density at radius 2 is 1.91 bits per heavy atom. The molecule has 1 aromatic heterocycles. The normalized spacial score (nSPS) is 10.3. The molecule has 116 valence electrons. The van der Waals surface area contributed by atoms with Crippen LogP contribution >= 0.6 is 0 Å². The molecular weight excluding hydrogens is 286 g/mol. The number of hydrogen-bond donors (Lipinski definition) is 1. The number of amides is 1. The van der Waals surface area contributed by atoms with Crippen molar-refractivity contribution in [2.75, 3.05) is 26.1 Å². The first-order valence-electron chi connectivity index (χ1n) is 6.66. The van der Waals surface area contributed by atoms with Crippen LogP contribution in [0, 0.1) is 0 Å².